The van der Waals surface area contributed by atoms with E-state index in [1.54, 1.807) is 0 Å². The molecule has 2 aromatic rings. The second-order valence-corrected chi connectivity index (χ2v) is 5.60. The van der Waals surface area contributed by atoms with Crippen LogP contribution in [0.15, 0.2) is 59.1 Å². The van der Waals surface area contributed by atoms with Gasteiger partial charge in [-0.1, -0.05) is 53.2 Å². The monoisotopic (exact) mass is 347 g/mol. The van der Waals surface area contributed by atoms with Gasteiger partial charge in [0.05, 0.1) is 6.04 Å². The molecule has 0 saturated heterocycles. The van der Waals surface area contributed by atoms with Gasteiger partial charge in [-0.3, -0.25) is 4.79 Å². The minimum absolute atomic E-state index is 0.00460. The molecular formula is C17H18BrNO2. The molecule has 110 valence electrons. The molecule has 0 bridgehead atoms. The summed E-state index contributed by atoms with van der Waals surface area (Å²) in [6.45, 7) is 2.07. The molecule has 2 aromatic carbocycles. The quantitative estimate of drug-likeness (QED) is 0.854. The average molecular weight is 348 g/mol. The van der Waals surface area contributed by atoms with E-state index in [-0.39, 0.29) is 18.6 Å². The summed E-state index contributed by atoms with van der Waals surface area (Å²) in [5, 5.41) is 2.99. The Bertz CT molecular complexity index is 569. The van der Waals surface area contributed by atoms with E-state index >= 15 is 0 Å². The Morgan fingerprint density at radius 2 is 1.81 bits per heavy atom. The van der Waals surface area contributed by atoms with E-state index < -0.39 is 0 Å². The van der Waals surface area contributed by atoms with Crippen LogP contribution in [-0.4, -0.2) is 12.5 Å². The second kappa shape index (κ2) is 7.84. The summed E-state index contributed by atoms with van der Waals surface area (Å²) >= 11 is 3.41. The number of benzene rings is 2. The van der Waals surface area contributed by atoms with E-state index in [0.29, 0.717) is 5.75 Å². The smallest absolute Gasteiger partial charge is 0.258 e. The van der Waals surface area contributed by atoms with Gasteiger partial charge in [0, 0.05) is 4.47 Å². The summed E-state index contributed by atoms with van der Waals surface area (Å²) in [5.74, 6) is 0.581. The molecule has 0 saturated carbocycles. The SMILES string of the molecule is CC[C@@H](NC(=O)COc1ccccc1)c1ccc(Br)cc1. The third-order valence-electron chi connectivity index (χ3n) is 3.13. The van der Waals surface area contributed by atoms with Crippen molar-refractivity contribution >= 4 is 21.8 Å². The first-order valence-corrected chi connectivity index (χ1v) is 7.71. The van der Waals surface area contributed by atoms with Gasteiger partial charge in [0.15, 0.2) is 6.61 Å². The molecular weight excluding hydrogens is 330 g/mol. The normalized spacial score (nSPS) is 11.7. The number of hydrogen-bond donors (Lipinski definition) is 1. The summed E-state index contributed by atoms with van der Waals surface area (Å²) < 4.78 is 6.48. The molecule has 21 heavy (non-hydrogen) atoms. The van der Waals surface area contributed by atoms with Crippen molar-refractivity contribution in [1.29, 1.82) is 0 Å². The summed E-state index contributed by atoms with van der Waals surface area (Å²) in [7, 11) is 0. The summed E-state index contributed by atoms with van der Waals surface area (Å²) in [6.07, 6.45) is 0.832. The van der Waals surface area contributed by atoms with Crippen molar-refractivity contribution in [2.45, 2.75) is 19.4 Å². The number of carbonyl (C=O) groups is 1. The van der Waals surface area contributed by atoms with Crippen molar-refractivity contribution in [3.8, 4) is 5.75 Å². The highest BCUT2D eigenvalue weighted by Crippen LogP contribution is 2.19. The zero-order valence-electron chi connectivity index (χ0n) is 11.9. The number of para-hydroxylation sites is 1. The summed E-state index contributed by atoms with van der Waals surface area (Å²) in [4.78, 5) is 12.0. The van der Waals surface area contributed by atoms with Crippen molar-refractivity contribution in [1.82, 2.24) is 5.32 Å². The molecule has 4 heteroatoms. The van der Waals surface area contributed by atoms with Crippen molar-refractivity contribution in [2.24, 2.45) is 0 Å². The van der Waals surface area contributed by atoms with Crippen LogP contribution in [0.4, 0.5) is 0 Å². The number of carbonyl (C=O) groups excluding carboxylic acids is 1. The highest BCUT2D eigenvalue weighted by atomic mass is 79.9. The topological polar surface area (TPSA) is 38.3 Å². The molecule has 0 aliphatic rings. The molecule has 0 aromatic heterocycles. The fourth-order valence-corrected chi connectivity index (χ4v) is 2.28. The minimum Gasteiger partial charge on any atom is -0.484 e. The number of amides is 1. The lowest BCUT2D eigenvalue weighted by atomic mass is 10.0. The van der Waals surface area contributed by atoms with Crippen LogP contribution in [0, 0.1) is 0 Å². The predicted octanol–water partition coefficient (Wildman–Crippen LogP) is 4.10. The lowest BCUT2D eigenvalue weighted by Gasteiger charge is -2.17. The molecule has 3 nitrogen and oxygen atoms in total. The Labute approximate surface area is 133 Å². The molecule has 0 unspecified atom stereocenters. The fraction of sp³-hybridized carbons (Fsp3) is 0.235. The Morgan fingerprint density at radius 3 is 2.43 bits per heavy atom. The third-order valence-corrected chi connectivity index (χ3v) is 3.66. The van der Waals surface area contributed by atoms with Gasteiger partial charge in [0.25, 0.3) is 5.91 Å². The minimum atomic E-state index is -0.117. The number of halogens is 1. The Kier molecular flexibility index (Phi) is 5.81. The van der Waals surface area contributed by atoms with Crippen LogP contribution in [0.3, 0.4) is 0 Å². The maximum atomic E-state index is 12.0. The van der Waals surface area contributed by atoms with Gasteiger partial charge in [0.2, 0.25) is 0 Å². The van der Waals surface area contributed by atoms with E-state index in [1.807, 2.05) is 61.5 Å². The van der Waals surface area contributed by atoms with Crippen molar-refractivity contribution in [2.75, 3.05) is 6.61 Å². The van der Waals surface area contributed by atoms with Crippen molar-refractivity contribution < 1.29 is 9.53 Å². The molecule has 0 spiro atoms. The molecule has 0 heterocycles. The standard InChI is InChI=1S/C17H18BrNO2/c1-2-16(13-8-10-14(18)11-9-13)19-17(20)12-21-15-6-4-3-5-7-15/h3-11,16H,2,12H2,1H3,(H,19,20)/t16-/m1/s1. The highest BCUT2D eigenvalue weighted by molar-refractivity contribution is 9.10. The maximum absolute atomic E-state index is 12.0. The summed E-state index contributed by atoms with van der Waals surface area (Å²) in [6, 6.07) is 17.3. The lowest BCUT2D eigenvalue weighted by molar-refractivity contribution is -0.123. The maximum Gasteiger partial charge on any atom is 0.258 e. The number of rotatable bonds is 6. The fourth-order valence-electron chi connectivity index (χ4n) is 2.02. The van der Waals surface area contributed by atoms with Crippen LogP contribution >= 0.6 is 15.9 Å². The van der Waals surface area contributed by atoms with E-state index in [1.165, 1.54) is 0 Å². The van der Waals surface area contributed by atoms with Gasteiger partial charge in [-0.15, -0.1) is 0 Å². The third kappa shape index (κ3) is 4.90. The van der Waals surface area contributed by atoms with Gasteiger partial charge >= 0.3 is 0 Å². The van der Waals surface area contributed by atoms with E-state index in [9.17, 15) is 4.79 Å². The molecule has 0 aliphatic carbocycles. The van der Waals surface area contributed by atoms with Gasteiger partial charge in [-0.2, -0.15) is 0 Å². The molecule has 0 fully saturated rings. The van der Waals surface area contributed by atoms with Gasteiger partial charge in [0.1, 0.15) is 5.75 Å². The zero-order valence-corrected chi connectivity index (χ0v) is 13.5. The van der Waals surface area contributed by atoms with Crippen LogP contribution in [0.2, 0.25) is 0 Å². The highest BCUT2D eigenvalue weighted by Gasteiger charge is 2.13. The van der Waals surface area contributed by atoms with Crippen LogP contribution in [0.1, 0.15) is 24.9 Å². The number of hydrogen-bond acceptors (Lipinski definition) is 2. The van der Waals surface area contributed by atoms with Crippen LogP contribution in [0.5, 0.6) is 5.75 Å². The zero-order chi connectivity index (χ0) is 15.1. The number of ether oxygens (including phenoxy) is 1. The Hall–Kier alpha value is -1.81. The lowest BCUT2D eigenvalue weighted by Crippen LogP contribution is -2.32. The Balaban J connectivity index is 1.89. The molecule has 1 amide bonds. The molecule has 2 rings (SSSR count). The predicted molar refractivity (Wildman–Crippen MR) is 87.3 cm³/mol. The van der Waals surface area contributed by atoms with E-state index in [4.69, 9.17) is 4.74 Å². The number of nitrogens with one attached hydrogen (secondary N) is 1. The molecule has 1 N–H and O–H groups in total. The first kappa shape index (κ1) is 15.6. The first-order chi connectivity index (χ1) is 10.2. The van der Waals surface area contributed by atoms with Crippen LogP contribution in [-0.2, 0) is 4.79 Å². The van der Waals surface area contributed by atoms with Crippen LogP contribution < -0.4 is 10.1 Å². The van der Waals surface area contributed by atoms with Crippen molar-refractivity contribution in [3.05, 3.63) is 64.6 Å². The molecule has 0 radical (unpaired) electrons. The molecule has 0 aliphatic heterocycles. The second-order valence-electron chi connectivity index (χ2n) is 4.68. The molecule has 1 atom stereocenters. The van der Waals surface area contributed by atoms with E-state index in [0.717, 1.165) is 16.5 Å². The van der Waals surface area contributed by atoms with Crippen molar-refractivity contribution in [3.63, 3.8) is 0 Å². The van der Waals surface area contributed by atoms with E-state index in [2.05, 4.69) is 21.2 Å². The summed E-state index contributed by atoms with van der Waals surface area (Å²) in [5.41, 5.74) is 1.09. The van der Waals surface area contributed by atoms with Gasteiger partial charge in [-0.25, -0.2) is 0 Å². The average Bonchev–Trinajstić information content (AvgIpc) is 2.52. The van der Waals surface area contributed by atoms with Gasteiger partial charge in [-0.05, 0) is 36.2 Å². The first-order valence-electron chi connectivity index (χ1n) is 6.91. The Morgan fingerprint density at radius 1 is 1.14 bits per heavy atom. The van der Waals surface area contributed by atoms with Crippen LogP contribution in [0.25, 0.3) is 0 Å². The largest absolute Gasteiger partial charge is 0.484 e. The van der Waals surface area contributed by atoms with Gasteiger partial charge < -0.3 is 10.1 Å².